The maximum atomic E-state index is 12.5. The van der Waals surface area contributed by atoms with Crippen LogP contribution in [0.5, 0.6) is 0 Å². The van der Waals surface area contributed by atoms with Crippen molar-refractivity contribution >= 4 is 11.7 Å². The van der Waals surface area contributed by atoms with E-state index in [0.717, 1.165) is 19.3 Å². The molecule has 0 N–H and O–H groups in total. The van der Waals surface area contributed by atoms with Gasteiger partial charge in [-0.05, 0) is 24.8 Å². The van der Waals surface area contributed by atoms with E-state index in [9.17, 15) is 9.59 Å². The third kappa shape index (κ3) is 2.09. The van der Waals surface area contributed by atoms with E-state index in [1.54, 1.807) is 0 Å². The monoisotopic (exact) mass is 299 g/mol. The molecule has 2 saturated heterocycles. The normalized spacial score (nSPS) is 34.5. The van der Waals surface area contributed by atoms with Crippen LogP contribution in [-0.4, -0.2) is 40.9 Å². The lowest BCUT2D eigenvalue weighted by atomic mass is 9.75. The molecule has 3 fully saturated rings. The number of carbonyl (C=O) groups is 2. The van der Waals surface area contributed by atoms with Crippen molar-refractivity contribution in [1.29, 1.82) is 0 Å². The molecule has 4 nitrogen and oxygen atoms in total. The van der Waals surface area contributed by atoms with Gasteiger partial charge in [-0.1, -0.05) is 30.3 Å². The Morgan fingerprint density at radius 1 is 1.14 bits per heavy atom. The summed E-state index contributed by atoms with van der Waals surface area (Å²) in [6, 6.07) is 10.4. The van der Waals surface area contributed by atoms with Crippen molar-refractivity contribution in [3.63, 3.8) is 0 Å². The molecule has 4 rings (SSSR count). The number of rotatable bonds is 2. The van der Waals surface area contributed by atoms with Gasteiger partial charge in [-0.2, -0.15) is 0 Å². The molecule has 0 unspecified atom stereocenters. The number of nitrogens with zero attached hydrogens (tertiary/aromatic N) is 1. The fourth-order valence-corrected chi connectivity index (χ4v) is 4.51. The highest BCUT2D eigenvalue weighted by molar-refractivity contribution is 5.84. The molecule has 3 aliphatic rings. The second kappa shape index (κ2) is 5.20. The predicted molar refractivity (Wildman–Crippen MR) is 81.3 cm³/mol. The van der Waals surface area contributed by atoms with Gasteiger partial charge in [0.15, 0.2) is 0 Å². The van der Waals surface area contributed by atoms with Crippen molar-refractivity contribution in [3.8, 4) is 0 Å². The maximum absolute atomic E-state index is 12.5. The summed E-state index contributed by atoms with van der Waals surface area (Å²) in [6.07, 6.45) is 4.01. The van der Waals surface area contributed by atoms with Crippen LogP contribution in [0.25, 0.3) is 0 Å². The topological polar surface area (TPSA) is 46.6 Å². The van der Waals surface area contributed by atoms with E-state index in [2.05, 4.69) is 17.0 Å². The minimum absolute atomic E-state index is 0.0905. The average molecular weight is 299 g/mol. The minimum atomic E-state index is -0.220. The van der Waals surface area contributed by atoms with Gasteiger partial charge in [0, 0.05) is 19.3 Å². The first-order valence-corrected chi connectivity index (χ1v) is 8.18. The number of benzene rings is 1. The molecule has 1 saturated carbocycles. The van der Waals surface area contributed by atoms with E-state index >= 15 is 0 Å². The largest absolute Gasteiger partial charge is 0.373 e. The number of ketones is 1. The molecule has 2 heterocycles. The third-order valence-electron chi connectivity index (χ3n) is 5.54. The Balaban J connectivity index is 1.63. The summed E-state index contributed by atoms with van der Waals surface area (Å²) in [5, 5.41) is 0. The van der Waals surface area contributed by atoms with Crippen molar-refractivity contribution in [3.05, 3.63) is 35.9 Å². The lowest BCUT2D eigenvalue weighted by Crippen LogP contribution is -2.66. The van der Waals surface area contributed by atoms with Crippen LogP contribution >= 0.6 is 0 Å². The van der Waals surface area contributed by atoms with Gasteiger partial charge in [-0.3, -0.25) is 9.59 Å². The van der Waals surface area contributed by atoms with E-state index in [4.69, 9.17) is 4.74 Å². The van der Waals surface area contributed by atoms with Crippen LogP contribution in [0.1, 0.15) is 37.7 Å². The highest BCUT2D eigenvalue weighted by atomic mass is 16.5. The molecule has 1 aromatic carbocycles. The van der Waals surface area contributed by atoms with E-state index in [1.165, 1.54) is 5.56 Å². The summed E-state index contributed by atoms with van der Waals surface area (Å²) in [7, 11) is 0. The number of ether oxygens (including phenoxy) is 1. The van der Waals surface area contributed by atoms with Crippen LogP contribution in [0.3, 0.4) is 0 Å². The Kier molecular flexibility index (Phi) is 3.30. The van der Waals surface area contributed by atoms with Gasteiger partial charge in [0.05, 0.1) is 24.3 Å². The highest BCUT2D eigenvalue weighted by Crippen LogP contribution is 2.46. The molecule has 4 heteroatoms. The fourth-order valence-electron chi connectivity index (χ4n) is 4.51. The van der Waals surface area contributed by atoms with Crippen LogP contribution in [0.2, 0.25) is 0 Å². The lowest BCUT2D eigenvalue weighted by Gasteiger charge is -2.53. The van der Waals surface area contributed by atoms with Crippen LogP contribution in [-0.2, 0) is 20.7 Å². The van der Waals surface area contributed by atoms with Crippen molar-refractivity contribution in [2.45, 2.75) is 56.2 Å². The van der Waals surface area contributed by atoms with E-state index < -0.39 is 0 Å². The van der Waals surface area contributed by atoms with Crippen LogP contribution in [0.4, 0.5) is 0 Å². The zero-order chi connectivity index (χ0) is 15.2. The summed E-state index contributed by atoms with van der Waals surface area (Å²) in [6.45, 7) is 0.542. The van der Waals surface area contributed by atoms with Gasteiger partial charge in [0.25, 0.3) is 0 Å². The first kappa shape index (κ1) is 13.9. The van der Waals surface area contributed by atoms with Crippen molar-refractivity contribution < 1.29 is 14.3 Å². The van der Waals surface area contributed by atoms with E-state index in [1.807, 2.05) is 18.2 Å². The smallest absolute Gasteiger partial charge is 0.223 e. The van der Waals surface area contributed by atoms with E-state index in [0.29, 0.717) is 25.9 Å². The molecular weight excluding hydrogens is 278 g/mol. The fraction of sp³-hybridized carbons (Fsp3) is 0.556. The molecule has 1 aromatic rings. The Bertz CT molecular complexity index is 600. The quantitative estimate of drug-likeness (QED) is 0.840. The first-order chi connectivity index (χ1) is 10.7. The van der Waals surface area contributed by atoms with Crippen LogP contribution < -0.4 is 0 Å². The lowest BCUT2D eigenvalue weighted by molar-refractivity contribution is -0.175. The van der Waals surface area contributed by atoms with Crippen molar-refractivity contribution in [1.82, 2.24) is 4.90 Å². The Hall–Kier alpha value is -1.68. The number of hydrogen-bond acceptors (Lipinski definition) is 3. The molecule has 0 aromatic heterocycles. The number of amides is 1. The van der Waals surface area contributed by atoms with Gasteiger partial charge in [0.2, 0.25) is 5.91 Å². The molecule has 1 amide bonds. The second-order valence-corrected chi connectivity index (χ2v) is 6.78. The molecule has 22 heavy (non-hydrogen) atoms. The van der Waals surface area contributed by atoms with Gasteiger partial charge >= 0.3 is 0 Å². The van der Waals surface area contributed by atoms with Gasteiger partial charge in [0.1, 0.15) is 5.78 Å². The number of morpholine rings is 1. The van der Waals surface area contributed by atoms with Gasteiger partial charge in [-0.15, -0.1) is 0 Å². The average Bonchev–Trinajstić information content (AvgIpc) is 2.87. The predicted octanol–water partition coefficient (Wildman–Crippen LogP) is 2.11. The standard InChI is InChI=1S/C18H21NO3/c20-15-6-8-18-9-7-17(21)19(18)14(12-22-16(18)11-15)10-13-4-2-1-3-5-13/h1-5,14,16H,6-12H2/t14-,16-,18-/m0/s1. The molecule has 3 atom stereocenters. The Morgan fingerprint density at radius 3 is 2.73 bits per heavy atom. The maximum Gasteiger partial charge on any atom is 0.223 e. The molecule has 116 valence electrons. The number of hydrogen-bond donors (Lipinski definition) is 0. The second-order valence-electron chi connectivity index (χ2n) is 6.78. The van der Waals surface area contributed by atoms with Crippen LogP contribution in [0, 0.1) is 0 Å². The molecule has 1 aliphatic carbocycles. The third-order valence-corrected chi connectivity index (χ3v) is 5.54. The zero-order valence-corrected chi connectivity index (χ0v) is 12.7. The minimum Gasteiger partial charge on any atom is -0.373 e. The summed E-state index contributed by atoms with van der Waals surface area (Å²) in [5.41, 5.74) is 1.01. The summed E-state index contributed by atoms with van der Waals surface area (Å²) >= 11 is 0. The van der Waals surface area contributed by atoms with E-state index in [-0.39, 0.29) is 29.4 Å². The van der Waals surface area contributed by atoms with Crippen molar-refractivity contribution in [2.75, 3.05) is 6.61 Å². The van der Waals surface area contributed by atoms with Crippen molar-refractivity contribution in [2.24, 2.45) is 0 Å². The molecule has 0 radical (unpaired) electrons. The molecule has 0 bridgehead atoms. The number of carbonyl (C=O) groups excluding carboxylic acids is 2. The Labute approximate surface area is 130 Å². The molecular formula is C18H21NO3. The SMILES string of the molecule is O=C1CC[C@@]23CCC(=O)N2[C@@H](Cc2ccccc2)CO[C@H]3C1. The molecule has 1 spiro atoms. The zero-order valence-electron chi connectivity index (χ0n) is 12.7. The van der Waals surface area contributed by atoms with Gasteiger partial charge in [-0.25, -0.2) is 0 Å². The summed E-state index contributed by atoms with van der Waals surface area (Å²) < 4.78 is 6.08. The van der Waals surface area contributed by atoms with Gasteiger partial charge < -0.3 is 9.64 Å². The Morgan fingerprint density at radius 2 is 1.91 bits per heavy atom. The number of Topliss-reactive ketones (excluding diaryl/α,β-unsaturated/α-hetero) is 1. The highest BCUT2D eigenvalue weighted by Gasteiger charge is 2.57. The summed E-state index contributed by atoms with van der Waals surface area (Å²) in [5.74, 6) is 0.514. The molecule has 2 aliphatic heterocycles. The first-order valence-electron chi connectivity index (χ1n) is 8.18. The van der Waals surface area contributed by atoms with Crippen LogP contribution in [0.15, 0.2) is 30.3 Å². The summed E-state index contributed by atoms with van der Waals surface area (Å²) in [4.78, 5) is 26.4.